The smallest absolute Gasteiger partial charge is 0.550 e. The number of carbonyl (C=O) groups excluding carboxylic acids is 1. The molecule has 0 heterocycles. The molecule has 0 rings (SSSR count). The quantitative estimate of drug-likeness (QED) is 0.481. The van der Waals surface area contributed by atoms with E-state index in [9.17, 15) is 9.90 Å². The Bertz CT molecular complexity index is 138. The summed E-state index contributed by atoms with van der Waals surface area (Å²) >= 11 is 0. The molecule has 0 spiro atoms. The van der Waals surface area contributed by atoms with E-state index < -0.39 is 5.97 Å². The van der Waals surface area contributed by atoms with Crippen molar-refractivity contribution < 1.29 is 39.5 Å². The van der Waals surface area contributed by atoms with Crippen LogP contribution in [0.4, 0.5) is 0 Å². The van der Waals surface area contributed by atoms with E-state index in [-0.39, 0.29) is 47.3 Å². The zero-order valence-corrected chi connectivity index (χ0v) is 10.8. The van der Waals surface area contributed by atoms with Crippen LogP contribution in [0.25, 0.3) is 0 Å². The van der Waals surface area contributed by atoms with Crippen LogP contribution in [0.1, 0.15) is 40.5 Å². The Morgan fingerprint density at radius 3 is 2.08 bits per heavy atom. The summed E-state index contributed by atoms with van der Waals surface area (Å²) in [4.78, 5) is 10.2. The first-order valence-electron chi connectivity index (χ1n) is 4.01. The molecular weight excluding hydrogens is 163 g/mol. The molecule has 0 saturated heterocycles. The molecular formula is C9H17NaO2. The van der Waals surface area contributed by atoms with Crippen molar-refractivity contribution in [3.05, 3.63) is 0 Å². The second kappa shape index (κ2) is 6.01. The second-order valence-electron chi connectivity index (χ2n) is 4.45. The van der Waals surface area contributed by atoms with Crippen molar-refractivity contribution in [2.45, 2.75) is 40.5 Å². The summed E-state index contributed by atoms with van der Waals surface area (Å²) in [5.41, 5.74) is 0.217. The number of hydrogen-bond acceptors (Lipinski definition) is 2. The van der Waals surface area contributed by atoms with Crippen LogP contribution in [0, 0.1) is 11.3 Å². The first-order valence-corrected chi connectivity index (χ1v) is 4.01. The van der Waals surface area contributed by atoms with Gasteiger partial charge < -0.3 is 9.90 Å². The van der Waals surface area contributed by atoms with Crippen molar-refractivity contribution in [1.29, 1.82) is 0 Å². The largest absolute Gasteiger partial charge is 1.00 e. The van der Waals surface area contributed by atoms with Gasteiger partial charge in [0.05, 0.1) is 0 Å². The molecule has 0 aliphatic carbocycles. The van der Waals surface area contributed by atoms with Gasteiger partial charge in [-0.05, 0) is 24.2 Å². The van der Waals surface area contributed by atoms with Crippen LogP contribution < -0.4 is 34.7 Å². The van der Waals surface area contributed by atoms with Crippen molar-refractivity contribution in [2.75, 3.05) is 0 Å². The van der Waals surface area contributed by atoms with Gasteiger partial charge in [0.25, 0.3) is 0 Å². The Hall–Kier alpha value is 0.470. The second-order valence-corrected chi connectivity index (χ2v) is 4.45. The fourth-order valence-corrected chi connectivity index (χ4v) is 1.40. The zero-order chi connectivity index (χ0) is 9.07. The molecule has 0 aromatic heterocycles. The number of carbonyl (C=O) groups is 1. The van der Waals surface area contributed by atoms with Crippen LogP contribution >= 0.6 is 0 Å². The number of aliphatic carboxylic acids is 1. The molecule has 12 heavy (non-hydrogen) atoms. The van der Waals surface area contributed by atoms with Crippen molar-refractivity contribution >= 4 is 5.97 Å². The van der Waals surface area contributed by atoms with Gasteiger partial charge in [0.15, 0.2) is 0 Å². The van der Waals surface area contributed by atoms with Gasteiger partial charge in [-0.3, -0.25) is 0 Å². The Morgan fingerprint density at radius 2 is 1.83 bits per heavy atom. The predicted octanol–water partition coefficient (Wildman–Crippen LogP) is -1.80. The maximum Gasteiger partial charge on any atom is 1.00 e. The summed E-state index contributed by atoms with van der Waals surface area (Å²) in [6.07, 6.45) is 1.11. The summed E-state index contributed by atoms with van der Waals surface area (Å²) < 4.78 is 0. The number of carboxylic acids is 1. The minimum absolute atomic E-state index is 0. The average molecular weight is 180 g/mol. The van der Waals surface area contributed by atoms with Crippen LogP contribution in [-0.4, -0.2) is 5.97 Å². The zero-order valence-electron chi connectivity index (χ0n) is 8.81. The Morgan fingerprint density at radius 1 is 1.42 bits per heavy atom. The van der Waals surface area contributed by atoms with Crippen LogP contribution in [0.3, 0.4) is 0 Å². The minimum atomic E-state index is -0.943. The van der Waals surface area contributed by atoms with Gasteiger partial charge in [0, 0.05) is 5.97 Å². The van der Waals surface area contributed by atoms with Crippen LogP contribution in [0.15, 0.2) is 0 Å². The Labute approximate surface area is 97.0 Å². The van der Waals surface area contributed by atoms with E-state index >= 15 is 0 Å². The van der Waals surface area contributed by atoms with Crippen molar-refractivity contribution in [3.8, 4) is 0 Å². The third-order valence-corrected chi connectivity index (χ3v) is 1.48. The molecule has 0 fully saturated rings. The summed E-state index contributed by atoms with van der Waals surface area (Å²) in [5, 5.41) is 10.2. The normalized spacial score (nSPS) is 13.3. The molecule has 3 heteroatoms. The minimum Gasteiger partial charge on any atom is -0.550 e. The predicted molar refractivity (Wildman–Crippen MR) is 42.9 cm³/mol. The van der Waals surface area contributed by atoms with E-state index in [2.05, 4.69) is 20.8 Å². The summed E-state index contributed by atoms with van der Waals surface area (Å²) in [7, 11) is 0. The molecule has 0 N–H and O–H groups in total. The van der Waals surface area contributed by atoms with E-state index in [1.165, 1.54) is 0 Å². The SMILES string of the molecule is CC(CC(=O)[O-])CC(C)(C)C.[Na+]. The molecule has 66 valence electrons. The van der Waals surface area contributed by atoms with Gasteiger partial charge in [-0.1, -0.05) is 27.7 Å². The maximum absolute atomic E-state index is 10.2. The molecule has 0 amide bonds. The van der Waals surface area contributed by atoms with Crippen LogP contribution in [0.2, 0.25) is 0 Å². The van der Waals surface area contributed by atoms with Crippen molar-refractivity contribution in [1.82, 2.24) is 0 Å². The number of carboxylic acid groups (broad SMARTS) is 1. The van der Waals surface area contributed by atoms with Gasteiger partial charge in [-0.25, -0.2) is 0 Å². The summed E-state index contributed by atoms with van der Waals surface area (Å²) in [6, 6.07) is 0. The van der Waals surface area contributed by atoms with Crippen LogP contribution in [-0.2, 0) is 4.79 Å². The fraction of sp³-hybridized carbons (Fsp3) is 0.889. The molecule has 0 saturated carbocycles. The number of rotatable bonds is 3. The Kier molecular flexibility index (Phi) is 7.49. The third-order valence-electron chi connectivity index (χ3n) is 1.48. The summed E-state index contributed by atoms with van der Waals surface area (Å²) in [6.45, 7) is 8.28. The molecule has 1 unspecified atom stereocenters. The van der Waals surface area contributed by atoms with Gasteiger partial charge >= 0.3 is 29.6 Å². The molecule has 0 aromatic rings. The average Bonchev–Trinajstić information content (AvgIpc) is 1.53. The number of hydrogen-bond donors (Lipinski definition) is 0. The molecule has 0 aliphatic rings. The maximum atomic E-state index is 10.2. The Balaban J connectivity index is 0. The molecule has 0 bridgehead atoms. The van der Waals surface area contributed by atoms with E-state index in [0.29, 0.717) is 0 Å². The fourth-order valence-electron chi connectivity index (χ4n) is 1.40. The van der Waals surface area contributed by atoms with Gasteiger partial charge in [-0.15, -0.1) is 0 Å². The van der Waals surface area contributed by atoms with Gasteiger partial charge in [0.2, 0.25) is 0 Å². The molecule has 0 aromatic carbocycles. The summed E-state index contributed by atoms with van der Waals surface area (Å²) in [5.74, 6) is -0.721. The molecule has 2 nitrogen and oxygen atoms in total. The molecule has 0 radical (unpaired) electrons. The first kappa shape index (κ1) is 15.0. The standard InChI is InChI=1S/C9H18O2.Na/c1-7(5-8(10)11)6-9(2,3)4;/h7H,5-6H2,1-4H3,(H,10,11);/q;+1/p-1. The van der Waals surface area contributed by atoms with Crippen LogP contribution in [0.5, 0.6) is 0 Å². The third kappa shape index (κ3) is 10.5. The first-order chi connectivity index (χ1) is 4.81. The monoisotopic (exact) mass is 180 g/mol. The van der Waals surface area contributed by atoms with Gasteiger partial charge in [-0.2, -0.15) is 0 Å². The molecule has 1 atom stereocenters. The van der Waals surface area contributed by atoms with Crippen molar-refractivity contribution in [3.63, 3.8) is 0 Å². The van der Waals surface area contributed by atoms with Crippen molar-refractivity contribution in [2.24, 2.45) is 11.3 Å². The molecule has 0 aliphatic heterocycles. The topological polar surface area (TPSA) is 40.1 Å². The van der Waals surface area contributed by atoms with E-state index in [4.69, 9.17) is 0 Å². The van der Waals surface area contributed by atoms with Gasteiger partial charge in [0.1, 0.15) is 0 Å². The van der Waals surface area contributed by atoms with E-state index in [0.717, 1.165) is 6.42 Å². The van der Waals surface area contributed by atoms with E-state index in [1.54, 1.807) is 0 Å². The van der Waals surface area contributed by atoms with E-state index in [1.807, 2.05) is 6.92 Å².